The molecule has 0 spiro atoms. The topological polar surface area (TPSA) is 29.5 Å². The van der Waals surface area contributed by atoms with Crippen LogP contribution in [0, 0.1) is 5.92 Å². The molecule has 2 nitrogen and oxygen atoms in total. The Labute approximate surface area is 63.2 Å². The fourth-order valence-corrected chi connectivity index (χ4v) is 1.02. The Bertz CT molecular complexity index is 71.7. The number of aliphatic hydroxyl groups excluding tert-OH is 1. The first-order chi connectivity index (χ1) is 4.66. The average Bonchev–Trinajstić information content (AvgIpc) is 1.82. The molecule has 0 amide bonds. The van der Waals surface area contributed by atoms with Crippen LogP contribution >= 0.6 is 0 Å². The summed E-state index contributed by atoms with van der Waals surface area (Å²) in [6, 6.07) is 0. The minimum absolute atomic E-state index is 0.174. The van der Waals surface area contributed by atoms with Gasteiger partial charge in [-0.05, 0) is 25.7 Å². The summed E-state index contributed by atoms with van der Waals surface area (Å²) in [6.07, 6.45) is 1.75. The molecule has 0 aromatic heterocycles. The van der Waals surface area contributed by atoms with Gasteiger partial charge in [-0.2, -0.15) is 0 Å². The fraction of sp³-hybridized carbons (Fsp3) is 1.00. The van der Waals surface area contributed by atoms with Gasteiger partial charge in [-0.15, -0.1) is 0 Å². The zero-order valence-electron chi connectivity index (χ0n) is 7.13. The third-order valence-corrected chi connectivity index (χ3v) is 1.56. The highest BCUT2D eigenvalue weighted by atomic mass is 16.5. The smallest absolute Gasteiger partial charge is 0.0514 e. The third-order valence-electron chi connectivity index (χ3n) is 1.56. The minimum atomic E-state index is -0.174. The molecule has 2 heteroatoms. The first kappa shape index (κ1) is 9.92. The Kier molecular flexibility index (Phi) is 5.64. The van der Waals surface area contributed by atoms with Crippen molar-refractivity contribution in [1.29, 1.82) is 0 Å². The van der Waals surface area contributed by atoms with Crippen molar-refractivity contribution in [3.8, 4) is 0 Å². The van der Waals surface area contributed by atoms with E-state index in [9.17, 15) is 0 Å². The van der Waals surface area contributed by atoms with Gasteiger partial charge in [0.25, 0.3) is 0 Å². The van der Waals surface area contributed by atoms with Gasteiger partial charge in [-0.1, -0.05) is 6.92 Å². The Morgan fingerprint density at radius 2 is 2.00 bits per heavy atom. The lowest BCUT2D eigenvalue weighted by molar-refractivity contribution is 0.138. The summed E-state index contributed by atoms with van der Waals surface area (Å²) in [5, 5.41) is 8.98. The summed E-state index contributed by atoms with van der Waals surface area (Å²) in [4.78, 5) is 0. The summed E-state index contributed by atoms with van der Waals surface area (Å²) in [5.41, 5.74) is 0. The first-order valence-electron chi connectivity index (χ1n) is 3.83. The molecule has 0 aromatic carbocycles. The Morgan fingerprint density at radius 1 is 1.40 bits per heavy atom. The van der Waals surface area contributed by atoms with Gasteiger partial charge in [-0.25, -0.2) is 0 Å². The van der Waals surface area contributed by atoms with E-state index in [2.05, 4.69) is 6.92 Å². The molecule has 0 aromatic rings. The third kappa shape index (κ3) is 6.05. The molecule has 0 saturated heterocycles. The van der Waals surface area contributed by atoms with Gasteiger partial charge in [0.05, 0.1) is 6.10 Å². The van der Waals surface area contributed by atoms with E-state index in [0.717, 1.165) is 19.4 Å². The highest BCUT2D eigenvalue weighted by Gasteiger charge is 2.04. The van der Waals surface area contributed by atoms with Crippen molar-refractivity contribution in [2.45, 2.75) is 32.8 Å². The zero-order chi connectivity index (χ0) is 7.98. The van der Waals surface area contributed by atoms with Gasteiger partial charge in [0.15, 0.2) is 0 Å². The van der Waals surface area contributed by atoms with E-state index in [-0.39, 0.29) is 6.10 Å². The van der Waals surface area contributed by atoms with Crippen molar-refractivity contribution in [2.24, 2.45) is 5.92 Å². The zero-order valence-corrected chi connectivity index (χ0v) is 7.13. The number of aliphatic hydroxyl groups is 1. The molecule has 10 heavy (non-hydrogen) atoms. The highest BCUT2D eigenvalue weighted by molar-refractivity contribution is 4.56. The summed E-state index contributed by atoms with van der Waals surface area (Å²) >= 11 is 0. The number of rotatable bonds is 5. The second-order valence-corrected chi connectivity index (χ2v) is 2.97. The molecule has 0 heterocycles. The van der Waals surface area contributed by atoms with Crippen molar-refractivity contribution in [3.05, 3.63) is 0 Å². The molecule has 2 atom stereocenters. The van der Waals surface area contributed by atoms with Crippen LogP contribution in [0.5, 0.6) is 0 Å². The van der Waals surface area contributed by atoms with Crippen molar-refractivity contribution in [2.75, 3.05) is 13.7 Å². The van der Waals surface area contributed by atoms with Crippen LogP contribution in [0.25, 0.3) is 0 Å². The molecule has 0 radical (unpaired) electrons. The summed E-state index contributed by atoms with van der Waals surface area (Å²) in [5.74, 6) is 0.569. The Balaban J connectivity index is 3.16. The van der Waals surface area contributed by atoms with Crippen LogP contribution in [0.1, 0.15) is 26.7 Å². The molecule has 0 rings (SSSR count). The normalized spacial score (nSPS) is 16.8. The maximum atomic E-state index is 8.98. The quantitative estimate of drug-likeness (QED) is 0.635. The van der Waals surface area contributed by atoms with Crippen LogP contribution in [-0.2, 0) is 4.74 Å². The molecule has 62 valence electrons. The molecule has 1 N–H and O–H groups in total. The lowest BCUT2D eigenvalue weighted by Gasteiger charge is -2.11. The summed E-state index contributed by atoms with van der Waals surface area (Å²) in [7, 11) is 1.70. The maximum absolute atomic E-state index is 8.98. The summed E-state index contributed by atoms with van der Waals surface area (Å²) in [6.45, 7) is 4.75. The van der Waals surface area contributed by atoms with Crippen molar-refractivity contribution >= 4 is 0 Å². The summed E-state index contributed by atoms with van der Waals surface area (Å²) < 4.78 is 4.91. The lowest BCUT2D eigenvalue weighted by atomic mass is 10.0. The van der Waals surface area contributed by atoms with Crippen molar-refractivity contribution in [1.82, 2.24) is 0 Å². The van der Waals surface area contributed by atoms with E-state index < -0.39 is 0 Å². The van der Waals surface area contributed by atoms with E-state index in [1.54, 1.807) is 7.11 Å². The van der Waals surface area contributed by atoms with Crippen LogP contribution in [0.15, 0.2) is 0 Å². The SMILES string of the molecule is COCCC(C)CC(C)O. The van der Waals surface area contributed by atoms with Gasteiger partial charge in [0.2, 0.25) is 0 Å². The first-order valence-corrected chi connectivity index (χ1v) is 3.83. The van der Waals surface area contributed by atoms with Crippen LogP contribution in [0.4, 0.5) is 0 Å². The average molecular weight is 146 g/mol. The number of methoxy groups -OCH3 is 1. The standard InChI is InChI=1S/C8H18O2/c1-7(4-5-10-3)6-8(2)9/h7-9H,4-6H2,1-3H3. The van der Waals surface area contributed by atoms with Gasteiger partial charge < -0.3 is 9.84 Å². The van der Waals surface area contributed by atoms with E-state index >= 15 is 0 Å². The second-order valence-electron chi connectivity index (χ2n) is 2.97. The molecule has 0 saturated carbocycles. The monoisotopic (exact) mass is 146 g/mol. The Morgan fingerprint density at radius 3 is 2.40 bits per heavy atom. The van der Waals surface area contributed by atoms with E-state index in [1.165, 1.54) is 0 Å². The van der Waals surface area contributed by atoms with E-state index in [1.807, 2.05) is 6.92 Å². The predicted molar refractivity (Wildman–Crippen MR) is 42.0 cm³/mol. The van der Waals surface area contributed by atoms with E-state index in [0.29, 0.717) is 5.92 Å². The molecular formula is C8H18O2. The fourth-order valence-electron chi connectivity index (χ4n) is 1.02. The Hall–Kier alpha value is -0.0800. The lowest BCUT2D eigenvalue weighted by Crippen LogP contribution is -2.08. The molecule has 0 bridgehead atoms. The molecule has 0 aliphatic rings. The molecule has 0 aliphatic carbocycles. The van der Waals surface area contributed by atoms with Crippen LogP contribution < -0.4 is 0 Å². The maximum Gasteiger partial charge on any atom is 0.0514 e. The number of ether oxygens (including phenoxy) is 1. The van der Waals surface area contributed by atoms with Crippen molar-refractivity contribution < 1.29 is 9.84 Å². The van der Waals surface area contributed by atoms with E-state index in [4.69, 9.17) is 9.84 Å². The largest absolute Gasteiger partial charge is 0.393 e. The second kappa shape index (κ2) is 5.69. The van der Waals surface area contributed by atoms with Gasteiger partial charge in [0.1, 0.15) is 0 Å². The highest BCUT2D eigenvalue weighted by Crippen LogP contribution is 2.09. The predicted octanol–water partition coefficient (Wildman–Crippen LogP) is 1.43. The number of hydrogen-bond donors (Lipinski definition) is 1. The van der Waals surface area contributed by atoms with Gasteiger partial charge in [0, 0.05) is 13.7 Å². The minimum Gasteiger partial charge on any atom is -0.393 e. The molecule has 0 fully saturated rings. The van der Waals surface area contributed by atoms with Crippen LogP contribution in [0.2, 0.25) is 0 Å². The molecule has 0 aliphatic heterocycles. The number of hydrogen-bond acceptors (Lipinski definition) is 2. The van der Waals surface area contributed by atoms with Gasteiger partial charge >= 0.3 is 0 Å². The van der Waals surface area contributed by atoms with Crippen molar-refractivity contribution in [3.63, 3.8) is 0 Å². The molecule has 2 unspecified atom stereocenters. The van der Waals surface area contributed by atoms with Gasteiger partial charge in [-0.3, -0.25) is 0 Å². The van der Waals surface area contributed by atoms with Crippen LogP contribution in [0.3, 0.4) is 0 Å². The molecular weight excluding hydrogens is 128 g/mol. The van der Waals surface area contributed by atoms with Crippen LogP contribution in [-0.4, -0.2) is 24.9 Å².